The summed E-state index contributed by atoms with van der Waals surface area (Å²) >= 11 is 12.1. The molecule has 1 aliphatic carbocycles. The fourth-order valence-electron chi connectivity index (χ4n) is 3.02. The molecule has 1 nitrogen and oxygen atoms in total. The Labute approximate surface area is 134 Å². The fourth-order valence-corrected chi connectivity index (χ4v) is 3.50. The minimum Gasteiger partial charge on any atom is -0.298 e. The van der Waals surface area contributed by atoms with E-state index in [9.17, 15) is 4.79 Å². The maximum absolute atomic E-state index is 12.9. The second-order valence-electron chi connectivity index (χ2n) is 5.64. The second kappa shape index (κ2) is 5.82. The van der Waals surface area contributed by atoms with Crippen LogP contribution in [-0.4, -0.2) is 5.78 Å². The number of carbonyl (C=O) groups is 1. The van der Waals surface area contributed by atoms with Gasteiger partial charge in [0.2, 0.25) is 0 Å². The molecule has 0 N–H and O–H groups in total. The van der Waals surface area contributed by atoms with E-state index in [1.165, 1.54) is 0 Å². The quantitative estimate of drug-likeness (QED) is 0.754. The molecule has 0 atom stereocenters. The van der Waals surface area contributed by atoms with E-state index in [-0.39, 0.29) is 11.2 Å². The van der Waals surface area contributed by atoms with Crippen LogP contribution in [0.15, 0.2) is 48.5 Å². The van der Waals surface area contributed by atoms with Gasteiger partial charge in [-0.1, -0.05) is 66.0 Å². The van der Waals surface area contributed by atoms with Crippen LogP contribution in [0.1, 0.15) is 30.4 Å². The molecule has 0 unspecified atom stereocenters. The molecule has 21 heavy (non-hydrogen) atoms. The van der Waals surface area contributed by atoms with Gasteiger partial charge in [-0.2, -0.15) is 0 Å². The zero-order valence-electron chi connectivity index (χ0n) is 11.6. The lowest BCUT2D eigenvalue weighted by molar-refractivity contribution is -0.127. The van der Waals surface area contributed by atoms with Gasteiger partial charge in [0.25, 0.3) is 0 Å². The number of halogens is 2. The number of benzene rings is 2. The molecule has 3 rings (SSSR count). The van der Waals surface area contributed by atoms with Crippen LogP contribution in [0, 0.1) is 0 Å². The molecular weight excluding hydrogens is 303 g/mol. The Balaban J connectivity index is 1.87. The topological polar surface area (TPSA) is 17.1 Å². The highest BCUT2D eigenvalue weighted by Gasteiger charge is 2.44. The Kier molecular flexibility index (Phi) is 4.05. The molecule has 0 spiro atoms. The van der Waals surface area contributed by atoms with Crippen LogP contribution in [0.2, 0.25) is 10.0 Å². The summed E-state index contributed by atoms with van der Waals surface area (Å²) < 4.78 is 0. The minimum absolute atomic E-state index is 0.254. The maximum atomic E-state index is 12.9. The van der Waals surface area contributed by atoms with E-state index in [0.717, 1.165) is 30.4 Å². The van der Waals surface area contributed by atoms with Crippen molar-refractivity contribution in [1.29, 1.82) is 0 Å². The van der Waals surface area contributed by atoms with Crippen LogP contribution >= 0.6 is 23.2 Å². The Bertz CT molecular complexity index is 660. The molecular formula is C18H16Cl2O. The lowest BCUT2D eigenvalue weighted by atomic mass is 9.61. The van der Waals surface area contributed by atoms with Gasteiger partial charge < -0.3 is 0 Å². The van der Waals surface area contributed by atoms with Gasteiger partial charge in [-0.25, -0.2) is 0 Å². The highest BCUT2D eigenvalue weighted by Crippen LogP contribution is 2.45. The van der Waals surface area contributed by atoms with Crippen molar-refractivity contribution < 1.29 is 4.79 Å². The van der Waals surface area contributed by atoms with E-state index in [1.54, 1.807) is 12.1 Å². The molecule has 1 saturated carbocycles. The molecule has 0 bridgehead atoms. The lowest BCUT2D eigenvalue weighted by Crippen LogP contribution is -2.43. The van der Waals surface area contributed by atoms with Crippen molar-refractivity contribution >= 4 is 29.0 Å². The molecule has 0 amide bonds. The predicted octanol–water partition coefficient (Wildman–Crippen LogP) is 5.23. The van der Waals surface area contributed by atoms with E-state index >= 15 is 0 Å². The fraction of sp³-hybridized carbons (Fsp3) is 0.278. The van der Waals surface area contributed by atoms with Gasteiger partial charge in [-0.3, -0.25) is 4.79 Å². The van der Waals surface area contributed by atoms with Gasteiger partial charge in [0, 0.05) is 16.5 Å². The van der Waals surface area contributed by atoms with Gasteiger partial charge >= 0.3 is 0 Å². The molecule has 0 aliphatic heterocycles. The third-order valence-electron chi connectivity index (χ3n) is 4.43. The zero-order chi connectivity index (χ0) is 14.9. The summed E-state index contributed by atoms with van der Waals surface area (Å²) in [6, 6.07) is 15.4. The SMILES string of the molecule is O=C(Cc1ccc(Cl)cc1Cl)C1(c2ccccc2)CCC1. The van der Waals surface area contributed by atoms with Gasteiger partial charge in [-0.15, -0.1) is 0 Å². The summed E-state index contributed by atoms with van der Waals surface area (Å²) in [7, 11) is 0. The predicted molar refractivity (Wildman–Crippen MR) is 87.1 cm³/mol. The molecule has 1 fully saturated rings. The van der Waals surface area contributed by atoms with Crippen molar-refractivity contribution in [3.05, 3.63) is 69.7 Å². The van der Waals surface area contributed by atoms with Gasteiger partial charge in [0.15, 0.2) is 0 Å². The number of carbonyl (C=O) groups excluding carboxylic acids is 1. The van der Waals surface area contributed by atoms with Crippen molar-refractivity contribution in [3.63, 3.8) is 0 Å². The summed E-state index contributed by atoms with van der Waals surface area (Å²) in [6.45, 7) is 0. The summed E-state index contributed by atoms with van der Waals surface area (Å²) in [5.74, 6) is 0.254. The minimum atomic E-state index is -0.315. The number of Topliss-reactive ketones (excluding diaryl/α,β-unsaturated/α-hetero) is 1. The molecule has 108 valence electrons. The third kappa shape index (κ3) is 2.73. The molecule has 0 radical (unpaired) electrons. The summed E-state index contributed by atoms with van der Waals surface area (Å²) in [5, 5.41) is 1.16. The van der Waals surface area contributed by atoms with Crippen molar-refractivity contribution in [3.8, 4) is 0 Å². The average Bonchev–Trinajstić information content (AvgIpc) is 2.42. The summed E-state index contributed by atoms with van der Waals surface area (Å²) in [4.78, 5) is 12.9. The lowest BCUT2D eigenvalue weighted by Gasteiger charge is -2.41. The molecule has 1 aliphatic rings. The first-order chi connectivity index (χ1) is 10.1. The van der Waals surface area contributed by atoms with E-state index in [2.05, 4.69) is 12.1 Å². The van der Waals surface area contributed by atoms with Crippen LogP contribution in [0.25, 0.3) is 0 Å². The van der Waals surface area contributed by atoms with Gasteiger partial charge in [0.05, 0.1) is 5.41 Å². The summed E-state index contributed by atoms with van der Waals surface area (Å²) in [5.41, 5.74) is 1.67. The molecule has 2 aromatic rings. The van der Waals surface area contributed by atoms with Gasteiger partial charge in [0.1, 0.15) is 5.78 Å². The molecule has 3 heteroatoms. The smallest absolute Gasteiger partial charge is 0.147 e. The molecule has 0 heterocycles. The van der Waals surface area contributed by atoms with Crippen LogP contribution in [0.3, 0.4) is 0 Å². The van der Waals surface area contributed by atoms with Crippen LogP contribution in [-0.2, 0) is 16.6 Å². The largest absolute Gasteiger partial charge is 0.298 e. The van der Waals surface area contributed by atoms with Crippen LogP contribution < -0.4 is 0 Å². The Morgan fingerprint density at radius 2 is 1.76 bits per heavy atom. The third-order valence-corrected chi connectivity index (χ3v) is 5.02. The normalized spacial score (nSPS) is 16.3. The number of hydrogen-bond acceptors (Lipinski definition) is 1. The molecule has 0 aromatic heterocycles. The van der Waals surface area contributed by atoms with Crippen molar-refractivity contribution in [2.75, 3.05) is 0 Å². The highest BCUT2D eigenvalue weighted by atomic mass is 35.5. The van der Waals surface area contributed by atoms with E-state index in [0.29, 0.717) is 16.5 Å². The van der Waals surface area contributed by atoms with Crippen molar-refractivity contribution in [2.24, 2.45) is 0 Å². The molecule has 2 aromatic carbocycles. The molecule has 0 saturated heterocycles. The Morgan fingerprint density at radius 1 is 1.05 bits per heavy atom. The second-order valence-corrected chi connectivity index (χ2v) is 6.48. The highest BCUT2D eigenvalue weighted by molar-refractivity contribution is 6.35. The number of rotatable bonds is 4. The first kappa shape index (κ1) is 14.6. The average molecular weight is 319 g/mol. The van der Waals surface area contributed by atoms with E-state index in [1.807, 2.05) is 24.3 Å². The van der Waals surface area contributed by atoms with Crippen molar-refractivity contribution in [2.45, 2.75) is 31.1 Å². The number of hydrogen-bond donors (Lipinski definition) is 0. The Hall–Kier alpha value is -1.31. The first-order valence-electron chi connectivity index (χ1n) is 7.15. The first-order valence-corrected chi connectivity index (χ1v) is 7.90. The number of ketones is 1. The van der Waals surface area contributed by atoms with Crippen LogP contribution in [0.4, 0.5) is 0 Å². The summed E-state index contributed by atoms with van der Waals surface area (Å²) in [6.07, 6.45) is 3.34. The maximum Gasteiger partial charge on any atom is 0.147 e. The zero-order valence-corrected chi connectivity index (χ0v) is 13.1. The van der Waals surface area contributed by atoms with Crippen LogP contribution in [0.5, 0.6) is 0 Å². The monoisotopic (exact) mass is 318 g/mol. The van der Waals surface area contributed by atoms with Gasteiger partial charge in [-0.05, 0) is 36.1 Å². The Morgan fingerprint density at radius 3 is 2.33 bits per heavy atom. The standard InChI is InChI=1S/C18H16Cl2O/c19-15-8-7-13(16(20)12-15)11-17(21)18(9-4-10-18)14-5-2-1-3-6-14/h1-3,5-8,12H,4,9-11H2. The van der Waals surface area contributed by atoms with Crippen molar-refractivity contribution in [1.82, 2.24) is 0 Å². The van der Waals surface area contributed by atoms with E-state index in [4.69, 9.17) is 23.2 Å². The van der Waals surface area contributed by atoms with E-state index < -0.39 is 0 Å².